The molecule has 0 aliphatic carbocycles. The van der Waals surface area contributed by atoms with Gasteiger partial charge in [-0.05, 0) is 48.2 Å². The normalized spacial score (nSPS) is 10.0. The van der Waals surface area contributed by atoms with Crippen molar-refractivity contribution in [2.24, 2.45) is 0 Å². The maximum absolute atomic E-state index is 12.5. The number of ether oxygens (including phenoxy) is 2. The number of halogens is 1. The smallest absolute Gasteiger partial charge is 0.222 e. The van der Waals surface area contributed by atoms with Crippen LogP contribution in [0, 0.1) is 6.92 Å². The van der Waals surface area contributed by atoms with E-state index < -0.39 is 0 Å². The lowest BCUT2D eigenvalue weighted by molar-refractivity contribution is -0.130. The molecule has 0 spiro atoms. The van der Waals surface area contributed by atoms with Crippen LogP contribution in [0.15, 0.2) is 36.4 Å². The van der Waals surface area contributed by atoms with Crippen LogP contribution in [0.4, 0.5) is 5.69 Å². The summed E-state index contributed by atoms with van der Waals surface area (Å²) >= 11 is 0. The third-order valence-corrected chi connectivity index (χ3v) is 4.34. The molecule has 0 saturated heterocycles. The van der Waals surface area contributed by atoms with Gasteiger partial charge in [-0.2, -0.15) is 0 Å². The first-order valence-corrected chi connectivity index (χ1v) is 8.25. The third-order valence-electron chi connectivity index (χ3n) is 4.34. The molecule has 0 bridgehead atoms. The number of rotatable bonds is 7. The van der Waals surface area contributed by atoms with E-state index in [4.69, 9.17) is 15.2 Å². The van der Waals surface area contributed by atoms with Crippen molar-refractivity contribution < 1.29 is 14.3 Å². The van der Waals surface area contributed by atoms with Gasteiger partial charge < -0.3 is 20.1 Å². The molecule has 6 heteroatoms. The number of carbonyl (C=O) groups excluding carboxylic acids is 1. The molecule has 0 heterocycles. The Morgan fingerprint density at radius 2 is 1.69 bits per heavy atom. The number of methoxy groups -OCH3 is 2. The largest absolute Gasteiger partial charge is 0.493 e. The number of para-hydroxylation sites is 1. The van der Waals surface area contributed by atoms with E-state index in [-0.39, 0.29) is 18.3 Å². The Labute approximate surface area is 161 Å². The first-order chi connectivity index (χ1) is 12.0. The first kappa shape index (κ1) is 21.6. The van der Waals surface area contributed by atoms with Gasteiger partial charge in [0.15, 0.2) is 11.5 Å². The van der Waals surface area contributed by atoms with E-state index in [0.717, 1.165) is 22.4 Å². The predicted molar refractivity (Wildman–Crippen MR) is 107 cm³/mol. The molecule has 5 nitrogen and oxygen atoms in total. The van der Waals surface area contributed by atoms with Crippen LogP contribution in [0.3, 0.4) is 0 Å². The molecular formula is C20H27ClN2O3. The summed E-state index contributed by atoms with van der Waals surface area (Å²) in [5.41, 5.74) is 9.77. The van der Waals surface area contributed by atoms with Crippen molar-refractivity contribution in [3.63, 3.8) is 0 Å². The van der Waals surface area contributed by atoms with Gasteiger partial charge in [-0.1, -0.05) is 18.2 Å². The van der Waals surface area contributed by atoms with Gasteiger partial charge in [-0.15, -0.1) is 12.4 Å². The van der Waals surface area contributed by atoms with E-state index in [1.54, 1.807) is 19.1 Å². The van der Waals surface area contributed by atoms with Crippen molar-refractivity contribution in [1.82, 2.24) is 4.90 Å². The van der Waals surface area contributed by atoms with Crippen LogP contribution >= 0.6 is 12.4 Å². The van der Waals surface area contributed by atoms with Gasteiger partial charge in [0.05, 0.1) is 14.2 Å². The predicted octanol–water partition coefficient (Wildman–Crippen LogP) is 3.61. The van der Waals surface area contributed by atoms with E-state index in [0.29, 0.717) is 30.9 Å². The highest BCUT2D eigenvalue weighted by Gasteiger charge is 2.14. The number of anilines is 1. The molecule has 0 fully saturated rings. The summed E-state index contributed by atoms with van der Waals surface area (Å²) < 4.78 is 10.7. The molecule has 26 heavy (non-hydrogen) atoms. The van der Waals surface area contributed by atoms with Crippen molar-refractivity contribution in [2.75, 3.05) is 27.0 Å². The topological polar surface area (TPSA) is 64.8 Å². The highest BCUT2D eigenvalue weighted by molar-refractivity contribution is 5.85. The Morgan fingerprint density at radius 1 is 1.08 bits per heavy atom. The van der Waals surface area contributed by atoms with Crippen LogP contribution in [0.5, 0.6) is 11.5 Å². The summed E-state index contributed by atoms with van der Waals surface area (Å²) in [7, 11) is 5.03. The number of hydrogen-bond donors (Lipinski definition) is 1. The number of nitrogens with two attached hydrogens (primary N) is 1. The standard InChI is InChI=1S/C20H26N2O3.ClH/c1-14-11-18(24-3)19(25-4)12-16(14)13-22(2)20(23)10-9-15-7-5-6-8-17(15)21;/h5-8,11-12H,9-10,13,21H2,1-4H3;1H. The number of nitrogen functional groups attached to an aromatic ring is 1. The summed E-state index contributed by atoms with van der Waals surface area (Å²) in [6, 6.07) is 11.5. The second-order valence-electron chi connectivity index (χ2n) is 6.08. The monoisotopic (exact) mass is 378 g/mol. The van der Waals surface area contributed by atoms with Gasteiger partial charge in [0.2, 0.25) is 5.91 Å². The second kappa shape index (κ2) is 9.92. The zero-order valence-corrected chi connectivity index (χ0v) is 16.6. The minimum Gasteiger partial charge on any atom is -0.493 e. The minimum absolute atomic E-state index is 0. The fourth-order valence-corrected chi connectivity index (χ4v) is 2.73. The highest BCUT2D eigenvalue weighted by Crippen LogP contribution is 2.30. The van der Waals surface area contributed by atoms with Gasteiger partial charge in [0, 0.05) is 25.7 Å². The molecule has 0 atom stereocenters. The van der Waals surface area contributed by atoms with Gasteiger partial charge in [-0.3, -0.25) is 4.79 Å². The molecule has 2 aromatic rings. The highest BCUT2D eigenvalue weighted by atomic mass is 35.5. The van der Waals surface area contributed by atoms with Crippen LogP contribution in [0.25, 0.3) is 0 Å². The Balaban J connectivity index is 0.00000338. The van der Waals surface area contributed by atoms with Crippen molar-refractivity contribution >= 4 is 24.0 Å². The van der Waals surface area contributed by atoms with E-state index in [1.807, 2.05) is 50.4 Å². The molecule has 2 N–H and O–H groups in total. The zero-order valence-electron chi connectivity index (χ0n) is 15.7. The Hall–Kier alpha value is -2.40. The molecule has 0 unspecified atom stereocenters. The number of aryl methyl sites for hydroxylation is 2. The van der Waals surface area contributed by atoms with Crippen molar-refractivity contribution in [1.29, 1.82) is 0 Å². The molecular weight excluding hydrogens is 352 g/mol. The maximum atomic E-state index is 12.5. The van der Waals surface area contributed by atoms with Gasteiger partial charge in [0.25, 0.3) is 0 Å². The van der Waals surface area contributed by atoms with E-state index in [9.17, 15) is 4.79 Å². The van der Waals surface area contributed by atoms with Crippen molar-refractivity contribution in [3.05, 3.63) is 53.1 Å². The number of carbonyl (C=O) groups is 1. The number of nitrogens with zero attached hydrogens (tertiary/aromatic N) is 1. The molecule has 1 amide bonds. The lowest BCUT2D eigenvalue weighted by Crippen LogP contribution is -2.26. The molecule has 0 aliphatic heterocycles. The van der Waals surface area contributed by atoms with E-state index in [2.05, 4.69) is 0 Å². The van der Waals surface area contributed by atoms with Gasteiger partial charge in [0.1, 0.15) is 0 Å². The van der Waals surface area contributed by atoms with Crippen LogP contribution < -0.4 is 15.2 Å². The quantitative estimate of drug-likeness (QED) is 0.747. The Bertz CT molecular complexity index is 750. The SMILES string of the molecule is COc1cc(C)c(CN(C)C(=O)CCc2ccccc2N)cc1OC.Cl. The van der Waals surface area contributed by atoms with Crippen LogP contribution in [-0.2, 0) is 17.8 Å². The van der Waals surface area contributed by atoms with Gasteiger partial charge >= 0.3 is 0 Å². The van der Waals surface area contributed by atoms with Crippen LogP contribution in [-0.4, -0.2) is 32.1 Å². The molecule has 142 valence electrons. The lowest BCUT2D eigenvalue weighted by atomic mass is 10.1. The Morgan fingerprint density at radius 3 is 2.31 bits per heavy atom. The summed E-state index contributed by atoms with van der Waals surface area (Å²) in [6.45, 7) is 2.52. The summed E-state index contributed by atoms with van der Waals surface area (Å²) in [5.74, 6) is 1.44. The molecule has 0 saturated carbocycles. The average Bonchev–Trinajstić information content (AvgIpc) is 2.61. The molecule has 2 aromatic carbocycles. The summed E-state index contributed by atoms with van der Waals surface area (Å²) in [6.07, 6.45) is 1.07. The van der Waals surface area contributed by atoms with E-state index >= 15 is 0 Å². The number of amides is 1. The molecule has 0 radical (unpaired) electrons. The fraction of sp³-hybridized carbons (Fsp3) is 0.350. The summed E-state index contributed by atoms with van der Waals surface area (Å²) in [5, 5.41) is 0. The number of hydrogen-bond acceptors (Lipinski definition) is 4. The van der Waals surface area contributed by atoms with Crippen molar-refractivity contribution in [2.45, 2.75) is 26.3 Å². The molecule has 0 aliphatic rings. The van der Waals surface area contributed by atoms with Crippen LogP contribution in [0.2, 0.25) is 0 Å². The first-order valence-electron chi connectivity index (χ1n) is 8.25. The van der Waals surface area contributed by atoms with Crippen LogP contribution in [0.1, 0.15) is 23.1 Å². The van der Waals surface area contributed by atoms with Crippen molar-refractivity contribution in [3.8, 4) is 11.5 Å². The van der Waals surface area contributed by atoms with E-state index in [1.165, 1.54) is 0 Å². The zero-order chi connectivity index (χ0) is 18.4. The minimum atomic E-state index is 0. The fourth-order valence-electron chi connectivity index (χ4n) is 2.73. The van der Waals surface area contributed by atoms with Gasteiger partial charge in [-0.25, -0.2) is 0 Å². The lowest BCUT2D eigenvalue weighted by Gasteiger charge is -2.20. The third kappa shape index (κ3) is 5.30. The maximum Gasteiger partial charge on any atom is 0.222 e. The Kier molecular flexibility index (Phi) is 8.26. The average molecular weight is 379 g/mol. The summed E-state index contributed by atoms with van der Waals surface area (Å²) in [4.78, 5) is 14.2. The molecule has 2 rings (SSSR count). The molecule has 0 aromatic heterocycles. The second-order valence-corrected chi connectivity index (χ2v) is 6.08. The number of benzene rings is 2.